The topological polar surface area (TPSA) is 57.6 Å². The van der Waals surface area contributed by atoms with Gasteiger partial charge in [0, 0.05) is 18.7 Å². The van der Waals surface area contributed by atoms with Crippen molar-refractivity contribution in [2.24, 2.45) is 0 Å². The molecular formula is C18H19NO3. The van der Waals surface area contributed by atoms with E-state index in [-0.39, 0.29) is 18.9 Å². The zero-order valence-electron chi connectivity index (χ0n) is 12.5. The van der Waals surface area contributed by atoms with Gasteiger partial charge in [-0.15, -0.1) is 0 Å². The van der Waals surface area contributed by atoms with Gasteiger partial charge in [0.25, 0.3) is 5.91 Å². The van der Waals surface area contributed by atoms with Crippen LogP contribution in [-0.2, 0) is 11.3 Å². The van der Waals surface area contributed by atoms with Crippen LogP contribution in [-0.4, -0.2) is 28.4 Å². The Morgan fingerprint density at radius 1 is 1.00 bits per heavy atom. The number of hydrogen-bond acceptors (Lipinski definition) is 2. The van der Waals surface area contributed by atoms with Gasteiger partial charge in [0.1, 0.15) is 0 Å². The van der Waals surface area contributed by atoms with Crippen LogP contribution in [0.1, 0.15) is 27.9 Å². The van der Waals surface area contributed by atoms with Gasteiger partial charge < -0.3 is 10.0 Å². The highest BCUT2D eigenvalue weighted by Gasteiger charge is 2.17. The molecule has 0 aliphatic carbocycles. The number of nitrogens with zero attached hydrogens (tertiary/aromatic N) is 1. The van der Waals surface area contributed by atoms with Crippen molar-refractivity contribution in [3.05, 3.63) is 71.3 Å². The number of carboxylic acid groups (broad SMARTS) is 1. The lowest BCUT2D eigenvalue weighted by Crippen LogP contribution is -2.32. The minimum Gasteiger partial charge on any atom is -0.481 e. The Hall–Kier alpha value is -2.62. The third-order valence-corrected chi connectivity index (χ3v) is 3.40. The highest BCUT2D eigenvalue weighted by molar-refractivity contribution is 5.94. The first kappa shape index (κ1) is 15.8. The molecule has 0 saturated heterocycles. The fourth-order valence-corrected chi connectivity index (χ4v) is 2.16. The molecule has 0 unspecified atom stereocenters. The van der Waals surface area contributed by atoms with Crippen LogP contribution in [0.25, 0.3) is 0 Å². The average molecular weight is 297 g/mol. The van der Waals surface area contributed by atoms with Crippen LogP contribution in [0.2, 0.25) is 0 Å². The molecular weight excluding hydrogens is 278 g/mol. The second kappa shape index (κ2) is 7.41. The van der Waals surface area contributed by atoms with Crippen LogP contribution in [0, 0.1) is 6.92 Å². The molecule has 0 fully saturated rings. The predicted octanol–water partition coefficient (Wildman–Crippen LogP) is 3.11. The molecule has 0 saturated carbocycles. The summed E-state index contributed by atoms with van der Waals surface area (Å²) < 4.78 is 0. The molecule has 2 rings (SSSR count). The van der Waals surface area contributed by atoms with Crippen molar-refractivity contribution in [1.82, 2.24) is 4.90 Å². The van der Waals surface area contributed by atoms with Crippen LogP contribution in [0.5, 0.6) is 0 Å². The summed E-state index contributed by atoms with van der Waals surface area (Å²) in [6.45, 7) is 2.60. The molecule has 0 aliphatic rings. The van der Waals surface area contributed by atoms with Crippen molar-refractivity contribution in [3.8, 4) is 0 Å². The number of carbonyl (C=O) groups excluding carboxylic acids is 1. The van der Waals surface area contributed by atoms with E-state index in [0.717, 1.165) is 11.1 Å². The summed E-state index contributed by atoms with van der Waals surface area (Å²) in [6.07, 6.45) is -0.0650. The number of aliphatic carboxylic acids is 1. The largest absolute Gasteiger partial charge is 0.481 e. The van der Waals surface area contributed by atoms with Gasteiger partial charge in [0.15, 0.2) is 0 Å². The smallest absolute Gasteiger partial charge is 0.305 e. The molecule has 0 aromatic heterocycles. The summed E-state index contributed by atoms with van der Waals surface area (Å²) in [7, 11) is 0. The highest BCUT2D eigenvalue weighted by atomic mass is 16.4. The van der Waals surface area contributed by atoms with E-state index in [2.05, 4.69) is 0 Å². The molecule has 1 N–H and O–H groups in total. The normalized spacial score (nSPS) is 10.2. The van der Waals surface area contributed by atoms with E-state index in [1.54, 1.807) is 29.2 Å². The second-order valence-corrected chi connectivity index (χ2v) is 5.22. The van der Waals surface area contributed by atoms with Gasteiger partial charge in [-0.1, -0.05) is 48.0 Å². The molecule has 0 spiro atoms. The van der Waals surface area contributed by atoms with Crippen molar-refractivity contribution in [2.45, 2.75) is 19.9 Å². The molecule has 0 heterocycles. The van der Waals surface area contributed by atoms with Crippen molar-refractivity contribution in [2.75, 3.05) is 6.54 Å². The van der Waals surface area contributed by atoms with Crippen LogP contribution >= 0.6 is 0 Å². The molecule has 0 atom stereocenters. The first-order valence-corrected chi connectivity index (χ1v) is 7.18. The number of carboxylic acids is 1. The van der Waals surface area contributed by atoms with Gasteiger partial charge in [0.2, 0.25) is 0 Å². The molecule has 0 aliphatic heterocycles. The van der Waals surface area contributed by atoms with Crippen molar-refractivity contribution < 1.29 is 14.7 Å². The van der Waals surface area contributed by atoms with E-state index in [1.165, 1.54) is 0 Å². The SMILES string of the molecule is Cc1ccc(CN(CCC(=O)O)C(=O)c2ccccc2)cc1. The first-order chi connectivity index (χ1) is 10.6. The Labute approximate surface area is 130 Å². The standard InChI is InChI=1S/C18H19NO3/c1-14-7-9-15(10-8-14)13-19(12-11-17(20)21)18(22)16-5-3-2-4-6-16/h2-10H,11-13H2,1H3,(H,20,21). The fourth-order valence-electron chi connectivity index (χ4n) is 2.16. The Morgan fingerprint density at radius 3 is 2.23 bits per heavy atom. The Bertz CT molecular complexity index is 635. The number of rotatable bonds is 6. The maximum atomic E-state index is 12.6. The summed E-state index contributed by atoms with van der Waals surface area (Å²) in [6, 6.07) is 16.8. The van der Waals surface area contributed by atoms with E-state index in [1.807, 2.05) is 37.3 Å². The van der Waals surface area contributed by atoms with Crippen LogP contribution in [0.15, 0.2) is 54.6 Å². The number of carbonyl (C=O) groups is 2. The summed E-state index contributed by atoms with van der Waals surface area (Å²) in [5.74, 6) is -1.06. The van der Waals surface area contributed by atoms with E-state index < -0.39 is 5.97 Å². The third kappa shape index (κ3) is 4.45. The molecule has 0 radical (unpaired) electrons. The van der Waals surface area contributed by atoms with Gasteiger partial charge in [-0.05, 0) is 24.6 Å². The van der Waals surface area contributed by atoms with E-state index in [4.69, 9.17) is 5.11 Å². The van der Waals surface area contributed by atoms with Gasteiger partial charge in [-0.2, -0.15) is 0 Å². The average Bonchev–Trinajstić information content (AvgIpc) is 2.53. The predicted molar refractivity (Wildman–Crippen MR) is 84.6 cm³/mol. The van der Waals surface area contributed by atoms with Gasteiger partial charge >= 0.3 is 5.97 Å². The van der Waals surface area contributed by atoms with Crippen molar-refractivity contribution in [3.63, 3.8) is 0 Å². The zero-order valence-corrected chi connectivity index (χ0v) is 12.5. The molecule has 114 valence electrons. The van der Waals surface area contributed by atoms with E-state index in [9.17, 15) is 9.59 Å². The van der Waals surface area contributed by atoms with Gasteiger partial charge in [-0.3, -0.25) is 9.59 Å². The number of benzene rings is 2. The second-order valence-electron chi connectivity index (χ2n) is 5.22. The highest BCUT2D eigenvalue weighted by Crippen LogP contribution is 2.12. The number of hydrogen-bond donors (Lipinski definition) is 1. The maximum absolute atomic E-state index is 12.6. The van der Waals surface area contributed by atoms with Gasteiger partial charge in [-0.25, -0.2) is 0 Å². The third-order valence-electron chi connectivity index (χ3n) is 3.40. The Balaban J connectivity index is 2.16. The van der Waals surface area contributed by atoms with E-state index in [0.29, 0.717) is 12.1 Å². The Morgan fingerprint density at radius 2 is 1.64 bits per heavy atom. The summed E-state index contributed by atoms with van der Waals surface area (Å²) in [5.41, 5.74) is 2.70. The van der Waals surface area contributed by atoms with Gasteiger partial charge in [0.05, 0.1) is 6.42 Å². The molecule has 4 nitrogen and oxygen atoms in total. The molecule has 4 heteroatoms. The van der Waals surface area contributed by atoms with E-state index >= 15 is 0 Å². The quantitative estimate of drug-likeness (QED) is 0.891. The molecule has 1 amide bonds. The lowest BCUT2D eigenvalue weighted by molar-refractivity contribution is -0.137. The zero-order chi connectivity index (χ0) is 15.9. The minimum atomic E-state index is -0.908. The van der Waals surface area contributed by atoms with Crippen molar-refractivity contribution >= 4 is 11.9 Å². The van der Waals surface area contributed by atoms with Crippen LogP contribution in [0.4, 0.5) is 0 Å². The van der Waals surface area contributed by atoms with Crippen molar-refractivity contribution in [1.29, 1.82) is 0 Å². The molecule has 22 heavy (non-hydrogen) atoms. The summed E-state index contributed by atoms with van der Waals surface area (Å²) in [4.78, 5) is 25.0. The lowest BCUT2D eigenvalue weighted by Gasteiger charge is -2.22. The lowest BCUT2D eigenvalue weighted by atomic mass is 10.1. The monoisotopic (exact) mass is 297 g/mol. The number of amides is 1. The van der Waals surface area contributed by atoms with Crippen LogP contribution < -0.4 is 0 Å². The Kier molecular flexibility index (Phi) is 5.31. The fraction of sp³-hybridized carbons (Fsp3) is 0.222. The summed E-state index contributed by atoms with van der Waals surface area (Å²) >= 11 is 0. The summed E-state index contributed by atoms with van der Waals surface area (Å²) in [5, 5.41) is 8.88. The molecule has 2 aromatic carbocycles. The molecule has 2 aromatic rings. The minimum absolute atomic E-state index is 0.0650. The maximum Gasteiger partial charge on any atom is 0.305 e. The van der Waals surface area contributed by atoms with Crippen LogP contribution in [0.3, 0.4) is 0 Å². The first-order valence-electron chi connectivity index (χ1n) is 7.18. The number of aryl methyl sites for hydroxylation is 1. The molecule has 0 bridgehead atoms.